The Kier molecular flexibility index (Phi) is 10.8. The summed E-state index contributed by atoms with van der Waals surface area (Å²) in [5, 5.41) is 45.1. The molecule has 2 aromatic carbocycles. The summed E-state index contributed by atoms with van der Waals surface area (Å²) in [6.07, 6.45) is 2.93. The van der Waals surface area contributed by atoms with Crippen molar-refractivity contribution in [2.24, 2.45) is 5.73 Å². The van der Waals surface area contributed by atoms with Crippen LogP contribution >= 0.6 is 0 Å². The van der Waals surface area contributed by atoms with Crippen LogP contribution in [-0.2, 0) is 38.4 Å². The van der Waals surface area contributed by atoms with Crippen LogP contribution in [0.4, 0.5) is 0 Å². The Labute approximate surface area is 234 Å². The molecule has 3 aromatic rings. The molecule has 14 nitrogen and oxygen atoms in total. The molecule has 0 saturated heterocycles. The Balaban J connectivity index is 1.83. The van der Waals surface area contributed by atoms with Gasteiger partial charge in [0.05, 0.1) is 19.0 Å². The molecule has 1 heterocycles. The fourth-order valence-electron chi connectivity index (χ4n) is 3.89. The number of amides is 3. The maximum Gasteiger partial charge on any atom is 0.328 e. The van der Waals surface area contributed by atoms with Gasteiger partial charge >= 0.3 is 5.97 Å². The Bertz CT molecular complexity index is 1310. The second kappa shape index (κ2) is 14.4. The van der Waals surface area contributed by atoms with Crippen LogP contribution < -0.4 is 21.7 Å². The summed E-state index contributed by atoms with van der Waals surface area (Å²) in [5.74, 6) is -3.80. The number of benzene rings is 2. The summed E-state index contributed by atoms with van der Waals surface area (Å²) in [5.41, 5.74) is 7.76. The number of nitrogens with two attached hydrogens (primary N) is 1. The first-order valence-corrected chi connectivity index (χ1v) is 12.6. The number of carboxylic acid groups (broad SMARTS) is 1. The van der Waals surface area contributed by atoms with Crippen molar-refractivity contribution < 1.29 is 39.6 Å². The van der Waals surface area contributed by atoms with Crippen molar-refractivity contribution in [3.8, 4) is 11.5 Å². The highest BCUT2D eigenvalue weighted by Gasteiger charge is 2.30. The van der Waals surface area contributed by atoms with Gasteiger partial charge in [0.25, 0.3) is 0 Å². The van der Waals surface area contributed by atoms with E-state index < -0.39 is 54.5 Å². The zero-order chi connectivity index (χ0) is 29.9. The van der Waals surface area contributed by atoms with E-state index >= 15 is 0 Å². The van der Waals surface area contributed by atoms with Gasteiger partial charge < -0.3 is 47.1 Å². The number of rotatable bonds is 14. The smallest absolute Gasteiger partial charge is 0.328 e. The van der Waals surface area contributed by atoms with E-state index in [0.717, 1.165) is 0 Å². The number of phenols is 2. The van der Waals surface area contributed by atoms with Crippen molar-refractivity contribution >= 4 is 23.7 Å². The quantitative estimate of drug-likeness (QED) is 0.111. The van der Waals surface area contributed by atoms with Gasteiger partial charge in [-0.15, -0.1) is 0 Å². The van der Waals surface area contributed by atoms with Crippen LogP contribution in [-0.4, -0.2) is 84.9 Å². The van der Waals surface area contributed by atoms with Crippen LogP contribution in [0.15, 0.2) is 61.1 Å². The first-order valence-electron chi connectivity index (χ1n) is 12.6. The number of aliphatic hydroxyl groups is 1. The minimum Gasteiger partial charge on any atom is -0.508 e. The van der Waals surface area contributed by atoms with Gasteiger partial charge in [-0.3, -0.25) is 14.4 Å². The van der Waals surface area contributed by atoms with Crippen molar-refractivity contribution in [2.75, 3.05) is 6.61 Å². The van der Waals surface area contributed by atoms with Crippen LogP contribution in [0, 0.1) is 0 Å². The first kappa shape index (κ1) is 30.6. The lowest BCUT2D eigenvalue weighted by molar-refractivity contribution is -0.143. The second-order valence-electron chi connectivity index (χ2n) is 9.33. The molecular weight excluding hydrogens is 536 g/mol. The van der Waals surface area contributed by atoms with Gasteiger partial charge in [0, 0.05) is 31.2 Å². The standard InChI is InChI=1S/C27H32N6O8/c28-20(11-17-12-29-14-30-17)24(37)31-21(9-15-1-5-18(35)6-2-15)25(38)32-22(10-16-3-7-19(36)8-4-16)26(39)33-23(13-34)27(40)41/h1-8,12,14,20-23,34-36H,9-11,13,28H2,(H,29,30)(H,31,37)(H,32,38)(H,33,39)(H,40,41). The first-order chi connectivity index (χ1) is 19.5. The molecule has 0 spiro atoms. The van der Waals surface area contributed by atoms with Crippen LogP contribution in [0.3, 0.4) is 0 Å². The van der Waals surface area contributed by atoms with E-state index in [9.17, 15) is 39.6 Å². The normalized spacial score (nSPS) is 13.8. The van der Waals surface area contributed by atoms with Gasteiger partial charge in [0.1, 0.15) is 29.6 Å². The highest BCUT2D eigenvalue weighted by atomic mass is 16.4. The predicted octanol–water partition coefficient (Wildman–Crippen LogP) is -1.29. The summed E-state index contributed by atoms with van der Waals surface area (Å²) in [4.78, 5) is 57.6. The zero-order valence-electron chi connectivity index (χ0n) is 21.9. The number of carbonyl (C=O) groups excluding carboxylic acids is 3. The van der Waals surface area contributed by atoms with Crippen LogP contribution in [0.5, 0.6) is 11.5 Å². The van der Waals surface area contributed by atoms with Crippen molar-refractivity contribution in [3.05, 3.63) is 77.9 Å². The van der Waals surface area contributed by atoms with E-state index in [2.05, 4.69) is 25.9 Å². The number of aliphatic carboxylic acids is 1. The number of hydrogen-bond donors (Lipinski definition) is 9. The number of aromatic hydroxyl groups is 2. The zero-order valence-corrected chi connectivity index (χ0v) is 21.9. The number of aromatic nitrogens is 2. The van der Waals surface area contributed by atoms with E-state index in [-0.39, 0.29) is 30.8 Å². The average molecular weight is 569 g/mol. The number of phenolic OH excluding ortho intramolecular Hbond substituents is 2. The number of carboxylic acids is 1. The summed E-state index contributed by atoms with van der Waals surface area (Å²) >= 11 is 0. The summed E-state index contributed by atoms with van der Waals surface area (Å²) < 4.78 is 0. The highest BCUT2D eigenvalue weighted by molar-refractivity contribution is 5.94. The molecular formula is C27H32N6O8. The fourth-order valence-corrected chi connectivity index (χ4v) is 3.89. The highest BCUT2D eigenvalue weighted by Crippen LogP contribution is 2.14. The number of carbonyl (C=O) groups is 4. The summed E-state index contributed by atoms with van der Waals surface area (Å²) in [6, 6.07) is 6.56. The largest absolute Gasteiger partial charge is 0.508 e. The molecule has 14 heteroatoms. The van der Waals surface area contributed by atoms with Gasteiger partial charge in [-0.2, -0.15) is 0 Å². The molecule has 0 aliphatic heterocycles. The SMILES string of the molecule is NC(Cc1cnc[nH]1)C(=O)NC(Cc1ccc(O)cc1)C(=O)NC(Cc1ccc(O)cc1)C(=O)NC(CO)C(=O)O. The third-order valence-electron chi connectivity index (χ3n) is 6.15. The van der Waals surface area contributed by atoms with E-state index in [0.29, 0.717) is 16.8 Å². The van der Waals surface area contributed by atoms with Gasteiger partial charge in [-0.1, -0.05) is 24.3 Å². The number of H-pyrrole nitrogens is 1. The molecule has 0 saturated carbocycles. The molecule has 4 atom stereocenters. The Morgan fingerprint density at radius 3 is 1.63 bits per heavy atom. The number of nitrogens with zero attached hydrogens (tertiary/aromatic N) is 1. The number of aromatic amines is 1. The van der Waals surface area contributed by atoms with Crippen LogP contribution in [0.1, 0.15) is 16.8 Å². The molecule has 1 aromatic heterocycles. The van der Waals surface area contributed by atoms with Crippen molar-refractivity contribution in [2.45, 2.75) is 43.4 Å². The molecule has 0 aliphatic rings. The van der Waals surface area contributed by atoms with Crippen molar-refractivity contribution in [1.29, 1.82) is 0 Å². The molecule has 0 fully saturated rings. The average Bonchev–Trinajstić information content (AvgIpc) is 3.45. The Morgan fingerprint density at radius 1 is 0.756 bits per heavy atom. The minimum absolute atomic E-state index is 0.00266. The summed E-state index contributed by atoms with van der Waals surface area (Å²) in [7, 11) is 0. The van der Waals surface area contributed by atoms with Crippen molar-refractivity contribution in [1.82, 2.24) is 25.9 Å². The maximum atomic E-state index is 13.5. The number of nitrogens with one attached hydrogen (secondary N) is 4. The molecule has 4 unspecified atom stereocenters. The number of imidazole rings is 1. The van der Waals surface area contributed by atoms with E-state index in [4.69, 9.17) is 5.73 Å². The van der Waals surface area contributed by atoms with Crippen LogP contribution in [0.25, 0.3) is 0 Å². The molecule has 3 rings (SSSR count). The monoisotopic (exact) mass is 568 g/mol. The summed E-state index contributed by atoms with van der Waals surface area (Å²) in [6.45, 7) is -0.880. The molecule has 0 bridgehead atoms. The van der Waals surface area contributed by atoms with E-state index in [1.54, 1.807) is 12.1 Å². The van der Waals surface area contributed by atoms with Crippen LogP contribution in [0.2, 0.25) is 0 Å². The maximum absolute atomic E-state index is 13.5. The molecule has 0 radical (unpaired) electrons. The Hall–Kier alpha value is -4.95. The molecule has 41 heavy (non-hydrogen) atoms. The van der Waals surface area contributed by atoms with Crippen molar-refractivity contribution in [3.63, 3.8) is 0 Å². The lowest BCUT2D eigenvalue weighted by atomic mass is 10.0. The topological polar surface area (TPSA) is 240 Å². The van der Waals surface area contributed by atoms with E-state index in [1.807, 2.05) is 0 Å². The minimum atomic E-state index is -1.62. The van der Waals surface area contributed by atoms with E-state index in [1.165, 1.54) is 48.9 Å². The lowest BCUT2D eigenvalue weighted by Gasteiger charge is -2.25. The molecule has 0 aliphatic carbocycles. The van der Waals surface area contributed by atoms with Gasteiger partial charge in [-0.05, 0) is 35.4 Å². The molecule has 3 amide bonds. The molecule has 10 N–H and O–H groups in total. The Morgan fingerprint density at radius 2 is 1.22 bits per heavy atom. The third-order valence-corrected chi connectivity index (χ3v) is 6.15. The molecule has 218 valence electrons. The number of hydrogen-bond acceptors (Lipinski definition) is 9. The van der Waals surface area contributed by atoms with Gasteiger partial charge in [0.2, 0.25) is 17.7 Å². The lowest BCUT2D eigenvalue weighted by Crippen LogP contribution is -2.58. The van der Waals surface area contributed by atoms with Gasteiger partial charge in [0.15, 0.2) is 0 Å². The second-order valence-corrected chi connectivity index (χ2v) is 9.33. The van der Waals surface area contributed by atoms with Gasteiger partial charge in [-0.25, -0.2) is 9.78 Å². The third kappa shape index (κ3) is 9.33. The number of aliphatic hydroxyl groups excluding tert-OH is 1. The fraction of sp³-hybridized carbons (Fsp3) is 0.296. The predicted molar refractivity (Wildman–Crippen MR) is 144 cm³/mol.